The number of aliphatic hydroxyl groups is 1. The zero-order chi connectivity index (χ0) is 22.8. The maximum atomic E-state index is 12.8. The summed E-state index contributed by atoms with van der Waals surface area (Å²) in [7, 11) is 1.49. The minimum atomic E-state index is -4.42. The summed E-state index contributed by atoms with van der Waals surface area (Å²) in [5.74, 6) is 0.0819. The van der Waals surface area contributed by atoms with Crippen LogP contribution < -0.4 is 10.1 Å². The molecule has 0 spiro atoms. The molecule has 0 aliphatic carbocycles. The standard InChI is InChI=1S/C23H23F3N2O3/c1-13(12-29)14(2)27-22(30)16-6-9-18-20(10-16)28-19(11-21(18)31-3)15-4-7-17(8-5-15)23(24,25)26/h4-11,13-14,29H,12H2,1-3H3,(H,27,30)/t13-,14-/m1/s1. The average Bonchev–Trinajstić information content (AvgIpc) is 2.76. The van der Waals surface area contributed by atoms with Gasteiger partial charge in [0, 0.05) is 35.2 Å². The molecule has 0 saturated carbocycles. The number of nitrogens with one attached hydrogen (secondary N) is 1. The summed E-state index contributed by atoms with van der Waals surface area (Å²) < 4.78 is 44.0. The fraction of sp³-hybridized carbons (Fsp3) is 0.304. The van der Waals surface area contributed by atoms with Crippen LogP contribution in [0.5, 0.6) is 5.75 Å². The maximum absolute atomic E-state index is 12.8. The highest BCUT2D eigenvalue weighted by Gasteiger charge is 2.30. The number of aliphatic hydroxyl groups excluding tert-OH is 1. The Hall–Kier alpha value is -3.13. The number of halogens is 3. The summed E-state index contributed by atoms with van der Waals surface area (Å²) in [6.07, 6.45) is -4.42. The Morgan fingerprint density at radius 1 is 1.13 bits per heavy atom. The normalized spacial score (nSPS) is 13.6. The largest absolute Gasteiger partial charge is 0.496 e. The number of ether oxygens (including phenoxy) is 1. The molecule has 164 valence electrons. The summed E-state index contributed by atoms with van der Waals surface area (Å²) in [6, 6.07) is 11.1. The van der Waals surface area contributed by atoms with E-state index in [1.54, 1.807) is 24.3 Å². The lowest BCUT2D eigenvalue weighted by atomic mass is 10.0. The van der Waals surface area contributed by atoms with Gasteiger partial charge in [0.25, 0.3) is 5.91 Å². The number of amides is 1. The molecule has 1 amide bonds. The van der Waals surface area contributed by atoms with E-state index in [0.717, 1.165) is 12.1 Å². The van der Waals surface area contributed by atoms with Gasteiger partial charge in [0.05, 0.1) is 23.9 Å². The number of carbonyl (C=O) groups is 1. The second-order valence-electron chi connectivity index (χ2n) is 7.44. The van der Waals surface area contributed by atoms with Gasteiger partial charge >= 0.3 is 6.18 Å². The van der Waals surface area contributed by atoms with Crippen molar-refractivity contribution in [2.45, 2.75) is 26.1 Å². The molecular weight excluding hydrogens is 409 g/mol. The number of hydrogen-bond acceptors (Lipinski definition) is 4. The van der Waals surface area contributed by atoms with Crippen molar-refractivity contribution in [2.24, 2.45) is 5.92 Å². The molecule has 0 aliphatic heterocycles. The number of carbonyl (C=O) groups excluding carboxylic acids is 1. The van der Waals surface area contributed by atoms with Gasteiger partial charge in [-0.2, -0.15) is 13.2 Å². The number of alkyl halides is 3. The smallest absolute Gasteiger partial charge is 0.416 e. The molecule has 0 saturated heterocycles. The minimum Gasteiger partial charge on any atom is -0.496 e. The number of hydrogen-bond donors (Lipinski definition) is 2. The van der Waals surface area contributed by atoms with E-state index in [0.29, 0.717) is 33.5 Å². The molecule has 3 aromatic rings. The van der Waals surface area contributed by atoms with E-state index in [2.05, 4.69) is 10.3 Å². The van der Waals surface area contributed by atoms with Gasteiger partial charge in [-0.25, -0.2) is 4.98 Å². The molecule has 8 heteroatoms. The Bertz CT molecular complexity index is 1080. The van der Waals surface area contributed by atoms with Crippen molar-refractivity contribution in [2.75, 3.05) is 13.7 Å². The van der Waals surface area contributed by atoms with Gasteiger partial charge in [0.2, 0.25) is 0 Å². The third kappa shape index (κ3) is 4.96. The lowest BCUT2D eigenvalue weighted by Crippen LogP contribution is -2.38. The van der Waals surface area contributed by atoms with Gasteiger partial charge in [-0.1, -0.05) is 19.1 Å². The minimum absolute atomic E-state index is 0.0472. The van der Waals surface area contributed by atoms with Crippen molar-refractivity contribution in [3.05, 3.63) is 59.7 Å². The SMILES string of the molecule is COc1cc(-c2ccc(C(F)(F)F)cc2)nc2cc(C(=O)N[C@H](C)[C@H](C)CO)ccc12. The van der Waals surface area contributed by atoms with Gasteiger partial charge < -0.3 is 15.2 Å². The van der Waals surface area contributed by atoms with Crippen molar-refractivity contribution in [3.8, 4) is 17.0 Å². The van der Waals surface area contributed by atoms with Crippen molar-refractivity contribution in [3.63, 3.8) is 0 Å². The molecule has 0 bridgehead atoms. The molecule has 2 N–H and O–H groups in total. The fourth-order valence-electron chi connectivity index (χ4n) is 3.07. The van der Waals surface area contributed by atoms with Crippen molar-refractivity contribution in [1.82, 2.24) is 10.3 Å². The van der Waals surface area contributed by atoms with Crippen molar-refractivity contribution in [1.29, 1.82) is 0 Å². The van der Waals surface area contributed by atoms with E-state index in [-0.39, 0.29) is 24.5 Å². The Morgan fingerprint density at radius 3 is 2.39 bits per heavy atom. The Kier molecular flexibility index (Phi) is 6.50. The second kappa shape index (κ2) is 8.93. The summed E-state index contributed by atoms with van der Waals surface area (Å²) in [5.41, 5.74) is 1.04. The second-order valence-corrected chi connectivity index (χ2v) is 7.44. The molecule has 0 fully saturated rings. The molecule has 0 radical (unpaired) electrons. The van der Waals surface area contributed by atoms with Crippen LogP contribution in [-0.2, 0) is 6.18 Å². The van der Waals surface area contributed by atoms with Crippen LogP contribution in [-0.4, -0.2) is 35.8 Å². The van der Waals surface area contributed by atoms with E-state index in [9.17, 15) is 23.1 Å². The van der Waals surface area contributed by atoms with Crippen LogP contribution in [0, 0.1) is 5.92 Å². The predicted octanol–water partition coefficient (Wildman–Crippen LogP) is 4.68. The van der Waals surface area contributed by atoms with Gasteiger partial charge in [-0.15, -0.1) is 0 Å². The van der Waals surface area contributed by atoms with Crippen LogP contribution in [0.15, 0.2) is 48.5 Å². The zero-order valence-corrected chi connectivity index (χ0v) is 17.3. The van der Waals surface area contributed by atoms with Gasteiger partial charge in [0.15, 0.2) is 0 Å². The fourth-order valence-corrected chi connectivity index (χ4v) is 3.07. The molecule has 5 nitrogen and oxygen atoms in total. The first-order valence-corrected chi connectivity index (χ1v) is 9.72. The molecule has 0 aliphatic rings. The number of nitrogens with zero attached hydrogens (tertiary/aromatic N) is 1. The number of methoxy groups -OCH3 is 1. The van der Waals surface area contributed by atoms with E-state index in [1.807, 2.05) is 13.8 Å². The van der Waals surface area contributed by atoms with E-state index >= 15 is 0 Å². The summed E-state index contributed by atoms with van der Waals surface area (Å²) >= 11 is 0. The molecule has 31 heavy (non-hydrogen) atoms. The average molecular weight is 432 g/mol. The number of fused-ring (bicyclic) bond motifs is 1. The van der Waals surface area contributed by atoms with Crippen LogP contribution in [0.3, 0.4) is 0 Å². The van der Waals surface area contributed by atoms with Crippen LogP contribution in [0.2, 0.25) is 0 Å². The monoisotopic (exact) mass is 432 g/mol. The third-order valence-corrected chi connectivity index (χ3v) is 5.26. The Morgan fingerprint density at radius 2 is 1.81 bits per heavy atom. The highest BCUT2D eigenvalue weighted by Crippen LogP contribution is 2.33. The zero-order valence-electron chi connectivity index (χ0n) is 17.3. The van der Waals surface area contributed by atoms with Gasteiger partial charge in [-0.3, -0.25) is 4.79 Å². The molecule has 1 heterocycles. The molecule has 0 unspecified atom stereocenters. The van der Waals surface area contributed by atoms with Crippen LogP contribution in [0.1, 0.15) is 29.8 Å². The van der Waals surface area contributed by atoms with Crippen molar-refractivity contribution < 1.29 is 27.8 Å². The number of aromatic nitrogens is 1. The van der Waals surface area contributed by atoms with E-state index in [1.165, 1.54) is 19.2 Å². The summed E-state index contributed by atoms with van der Waals surface area (Å²) in [4.78, 5) is 17.1. The number of pyridine rings is 1. The lowest BCUT2D eigenvalue weighted by Gasteiger charge is -2.19. The van der Waals surface area contributed by atoms with Crippen LogP contribution in [0.25, 0.3) is 22.2 Å². The summed E-state index contributed by atoms with van der Waals surface area (Å²) in [5, 5.41) is 12.8. The Labute approximate surface area is 177 Å². The van der Waals surface area contributed by atoms with Crippen molar-refractivity contribution >= 4 is 16.8 Å². The molecular formula is C23H23F3N2O3. The first-order valence-electron chi connectivity index (χ1n) is 9.72. The topological polar surface area (TPSA) is 71.5 Å². The first kappa shape index (κ1) is 22.6. The number of benzene rings is 2. The van der Waals surface area contributed by atoms with Crippen LogP contribution in [0.4, 0.5) is 13.2 Å². The highest BCUT2D eigenvalue weighted by molar-refractivity contribution is 5.99. The third-order valence-electron chi connectivity index (χ3n) is 5.26. The van der Waals surface area contributed by atoms with Gasteiger partial charge in [-0.05, 0) is 43.2 Å². The van der Waals surface area contributed by atoms with E-state index < -0.39 is 11.7 Å². The molecule has 2 atom stereocenters. The van der Waals surface area contributed by atoms with Gasteiger partial charge in [0.1, 0.15) is 5.75 Å². The number of rotatable bonds is 6. The molecule has 3 rings (SSSR count). The molecule has 1 aromatic heterocycles. The highest BCUT2D eigenvalue weighted by atomic mass is 19.4. The van der Waals surface area contributed by atoms with E-state index in [4.69, 9.17) is 4.74 Å². The van der Waals surface area contributed by atoms with Crippen LogP contribution >= 0.6 is 0 Å². The maximum Gasteiger partial charge on any atom is 0.416 e. The first-order chi connectivity index (χ1) is 14.6. The quantitative estimate of drug-likeness (QED) is 0.594. The Balaban J connectivity index is 1.99. The molecule has 2 aromatic carbocycles. The predicted molar refractivity (Wildman–Crippen MR) is 112 cm³/mol. The summed E-state index contributed by atoms with van der Waals surface area (Å²) in [6.45, 7) is 3.59. The lowest BCUT2D eigenvalue weighted by molar-refractivity contribution is -0.137.